The van der Waals surface area contributed by atoms with Crippen molar-refractivity contribution in [2.75, 3.05) is 6.54 Å². The van der Waals surface area contributed by atoms with Crippen LogP contribution in [0.4, 0.5) is 5.69 Å². The highest BCUT2D eigenvalue weighted by molar-refractivity contribution is 5.85. The summed E-state index contributed by atoms with van der Waals surface area (Å²) in [5.74, 6) is -0.338. The predicted octanol–water partition coefficient (Wildman–Crippen LogP) is 1.19. The van der Waals surface area contributed by atoms with Gasteiger partial charge >= 0.3 is 5.97 Å². The summed E-state index contributed by atoms with van der Waals surface area (Å²) in [6, 6.07) is 3.23. The van der Waals surface area contributed by atoms with E-state index in [9.17, 15) is 14.9 Å². The molecule has 0 saturated heterocycles. The Morgan fingerprint density at radius 1 is 1.45 bits per heavy atom. The van der Waals surface area contributed by atoms with Crippen LogP contribution in [0.15, 0.2) is 18.2 Å². The van der Waals surface area contributed by atoms with Crippen LogP contribution in [0, 0.1) is 10.1 Å². The normalized spacial score (nSPS) is 10.8. The molecule has 114 valence electrons. The summed E-state index contributed by atoms with van der Waals surface area (Å²) in [4.78, 5) is 21.5. The summed E-state index contributed by atoms with van der Waals surface area (Å²) in [6.07, 6.45) is 0.378. The third-order valence-corrected chi connectivity index (χ3v) is 2.25. The zero-order valence-electron chi connectivity index (χ0n) is 10.8. The standard InChI is InChI=1S/C11H15N3O4.2ClH/c1-7(13)11(15)18-10-3-2-9(14(16)17)6-8(10)4-5-12;;/h2-3,6-7H,4-5,12-13H2,1H3;2*1H/t7-;;/m0../s1. The molecule has 1 atom stereocenters. The van der Waals surface area contributed by atoms with E-state index in [-0.39, 0.29) is 36.3 Å². The minimum atomic E-state index is -0.758. The number of ether oxygens (including phenoxy) is 1. The molecule has 0 radical (unpaired) electrons. The molecule has 0 bridgehead atoms. The fourth-order valence-corrected chi connectivity index (χ4v) is 1.33. The Morgan fingerprint density at radius 3 is 2.50 bits per heavy atom. The Morgan fingerprint density at radius 2 is 2.05 bits per heavy atom. The minimum Gasteiger partial charge on any atom is -0.425 e. The van der Waals surface area contributed by atoms with Gasteiger partial charge in [0, 0.05) is 17.7 Å². The third kappa shape index (κ3) is 5.70. The van der Waals surface area contributed by atoms with Crippen molar-refractivity contribution in [3.63, 3.8) is 0 Å². The van der Waals surface area contributed by atoms with Crippen LogP contribution in [0.2, 0.25) is 0 Å². The Bertz CT molecular complexity index is 469. The fraction of sp³-hybridized carbons (Fsp3) is 0.364. The molecule has 1 aromatic rings. The molecule has 0 aliphatic rings. The van der Waals surface area contributed by atoms with Gasteiger partial charge in [0.05, 0.1) is 4.92 Å². The molecule has 0 saturated carbocycles. The van der Waals surface area contributed by atoms with Gasteiger partial charge in [0.2, 0.25) is 0 Å². The van der Waals surface area contributed by atoms with E-state index in [1.807, 2.05) is 0 Å². The van der Waals surface area contributed by atoms with E-state index in [1.165, 1.54) is 25.1 Å². The van der Waals surface area contributed by atoms with E-state index in [1.54, 1.807) is 0 Å². The van der Waals surface area contributed by atoms with Crippen LogP contribution in [0.25, 0.3) is 0 Å². The molecule has 7 nitrogen and oxygen atoms in total. The quantitative estimate of drug-likeness (QED) is 0.363. The number of carbonyl (C=O) groups excluding carboxylic acids is 1. The van der Waals surface area contributed by atoms with Gasteiger partial charge in [0.1, 0.15) is 11.8 Å². The van der Waals surface area contributed by atoms with Gasteiger partial charge in [-0.15, -0.1) is 24.8 Å². The van der Waals surface area contributed by atoms with Gasteiger partial charge in [0.25, 0.3) is 5.69 Å². The first-order valence-electron chi connectivity index (χ1n) is 5.40. The van der Waals surface area contributed by atoms with E-state index in [0.29, 0.717) is 18.5 Å². The van der Waals surface area contributed by atoms with Crippen LogP contribution in [0.5, 0.6) is 5.75 Å². The molecular weight excluding hydrogens is 309 g/mol. The van der Waals surface area contributed by atoms with Crippen molar-refractivity contribution in [1.29, 1.82) is 0 Å². The monoisotopic (exact) mass is 325 g/mol. The number of hydrogen-bond donors (Lipinski definition) is 2. The van der Waals surface area contributed by atoms with Crippen molar-refractivity contribution in [1.82, 2.24) is 0 Å². The zero-order valence-corrected chi connectivity index (χ0v) is 12.4. The Hall–Kier alpha value is -1.41. The van der Waals surface area contributed by atoms with E-state index in [0.717, 1.165) is 0 Å². The largest absolute Gasteiger partial charge is 0.425 e. The number of carbonyl (C=O) groups is 1. The maximum atomic E-state index is 11.4. The summed E-state index contributed by atoms with van der Waals surface area (Å²) < 4.78 is 5.05. The van der Waals surface area contributed by atoms with Crippen LogP contribution in [-0.2, 0) is 11.2 Å². The Labute approximate surface area is 128 Å². The maximum Gasteiger partial charge on any atom is 0.328 e. The first-order chi connectivity index (χ1) is 8.45. The number of nitrogens with zero attached hydrogens (tertiary/aromatic N) is 1. The predicted molar refractivity (Wildman–Crippen MR) is 79.6 cm³/mol. The summed E-state index contributed by atoms with van der Waals surface area (Å²) in [5.41, 5.74) is 11.2. The lowest BCUT2D eigenvalue weighted by molar-refractivity contribution is -0.384. The molecular formula is C11H17Cl2N3O4. The molecule has 9 heteroatoms. The van der Waals surface area contributed by atoms with Gasteiger partial charge in [0.15, 0.2) is 0 Å². The lowest BCUT2D eigenvalue weighted by Crippen LogP contribution is -2.31. The van der Waals surface area contributed by atoms with Crippen LogP contribution < -0.4 is 16.2 Å². The highest BCUT2D eigenvalue weighted by Gasteiger charge is 2.16. The number of nitro benzene ring substituents is 1. The van der Waals surface area contributed by atoms with E-state index < -0.39 is 16.9 Å². The van der Waals surface area contributed by atoms with Gasteiger partial charge < -0.3 is 16.2 Å². The highest BCUT2D eigenvalue weighted by atomic mass is 35.5. The van der Waals surface area contributed by atoms with Crippen LogP contribution in [0.3, 0.4) is 0 Å². The average Bonchev–Trinajstić information content (AvgIpc) is 2.31. The summed E-state index contributed by atoms with van der Waals surface area (Å²) in [5, 5.41) is 10.6. The first kappa shape index (κ1) is 20.9. The van der Waals surface area contributed by atoms with Crippen LogP contribution in [-0.4, -0.2) is 23.5 Å². The van der Waals surface area contributed by atoms with Gasteiger partial charge in [-0.05, 0) is 26.0 Å². The second kappa shape index (κ2) is 9.49. The molecule has 1 rings (SSSR count). The summed E-state index contributed by atoms with van der Waals surface area (Å²) in [6.45, 7) is 1.79. The van der Waals surface area contributed by atoms with Gasteiger partial charge in [-0.25, -0.2) is 4.79 Å². The number of halogens is 2. The molecule has 0 heterocycles. The van der Waals surface area contributed by atoms with E-state index >= 15 is 0 Å². The molecule has 20 heavy (non-hydrogen) atoms. The van der Waals surface area contributed by atoms with E-state index in [2.05, 4.69) is 0 Å². The number of benzene rings is 1. The highest BCUT2D eigenvalue weighted by Crippen LogP contribution is 2.24. The second-order valence-corrected chi connectivity index (χ2v) is 3.80. The van der Waals surface area contributed by atoms with Crippen LogP contribution in [0.1, 0.15) is 12.5 Å². The maximum absolute atomic E-state index is 11.4. The molecule has 4 N–H and O–H groups in total. The lowest BCUT2D eigenvalue weighted by Gasteiger charge is -2.10. The van der Waals surface area contributed by atoms with Crippen LogP contribution >= 0.6 is 24.8 Å². The Balaban J connectivity index is 0. The number of nitrogens with two attached hydrogens (primary N) is 2. The molecule has 0 aliphatic carbocycles. The zero-order chi connectivity index (χ0) is 13.7. The van der Waals surface area contributed by atoms with Crippen molar-refractivity contribution >= 4 is 36.5 Å². The van der Waals surface area contributed by atoms with Crippen molar-refractivity contribution in [2.24, 2.45) is 11.5 Å². The topological polar surface area (TPSA) is 121 Å². The molecule has 0 aromatic heterocycles. The van der Waals surface area contributed by atoms with E-state index in [4.69, 9.17) is 16.2 Å². The number of esters is 1. The fourth-order valence-electron chi connectivity index (χ4n) is 1.33. The van der Waals surface area contributed by atoms with Crippen molar-refractivity contribution in [3.05, 3.63) is 33.9 Å². The summed E-state index contributed by atoms with van der Waals surface area (Å²) in [7, 11) is 0. The average molecular weight is 326 g/mol. The van der Waals surface area contributed by atoms with Gasteiger partial charge in [-0.2, -0.15) is 0 Å². The molecule has 0 spiro atoms. The molecule has 0 amide bonds. The SMILES string of the molecule is C[C@H](N)C(=O)Oc1ccc([N+](=O)[O-])cc1CCN.Cl.Cl. The van der Waals surface area contributed by atoms with Gasteiger partial charge in [-0.1, -0.05) is 0 Å². The third-order valence-electron chi connectivity index (χ3n) is 2.25. The summed E-state index contributed by atoms with van der Waals surface area (Å²) >= 11 is 0. The van der Waals surface area contributed by atoms with Gasteiger partial charge in [-0.3, -0.25) is 10.1 Å². The van der Waals surface area contributed by atoms with Crippen molar-refractivity contribution in [3.8, 4) is 5.75 Å². The molecule has 0 unspecified atom stereocenters. The number of nitro groups is 1. The first-order valence-corrected chi connectivity index (χ1v) is 5.40. The Kier molecular flexibility index (Phi) is 9.91. The lowest BCUT2D eigenvalue weighted by atomic mass is 10.1. The number of hydrogen-bond acceptors (Lipinski definition) is 6. The number of rotatable bonds is 5. The minimum absolute atomic E-state index is 0. The molecule has 0 fully saturated rings. The second-order valence-electron chi connectivity index (χ2n) is 3.80. The molecule has 1 aromatic carbocycles. The smallest absolute Gasteiger partial charge is 0.328 e. The molecule has 0 aliphatic heterocycles. The number of non-ortho nitro benzene ring substituents is 1. The van der Waals surface area contributed by atoms with Crippen molar-refractivity contribution in [2.45, 2.75) is 19.4 Å². The van der Waals surface area contributed by atoms with Crippen molar-refractivity contribution < 1.29 is 14.5 Å².